The molecule has 48 heavy (non-hydrogen) atoms. The van der Waals surface area contributed by atoms with E-state index in [-0.39, 0.29) is 31.1 Å². The molecule has 6 rings (SSSR count). The minimum absolute atomic E-state index is 0.139. The first-order chi connectivity index (χ1) is 23.4. The van der Waals surface area contributed by atoms with Gasteiger partial charge in [-0.3, -0.25) is 19.2 Å². The molecule has 3 aromatic carbocycles. The number of benzene rings is 3. The van der Waals surface area contributed by atoms with Gasteiger partial charge in [0.2, 0.25) is 23.6 Å². The van der Waals surface area contributed by atoms with E-state index in [1.807, 2.05) is 91.3 Å². The van der Waals surface area contributed by atoms with Gasteiger partial charge in [0.15, 0.2) is 0 Å². The van der Waals surface area contributed by atoms with Crippen LogP contribution in [0.25, 0.3) is 21.8 Å². The van der Waals surface area contributed by atoms with Gasteiger partial charge in [0.05, 0.1) is 0 Å². The first kappa shape index (κ1) is 32.5. The number of H-pyrrole nitrogens is 2. The van der Waals surface area contributed by atoms with E-state index >= 15 is 0 Å². The molecule has 0 aliphatic carbocycles. The number of carbonyl (C=O) groups is 4. The van der Waals surface area contributed by atoms with Gasteiger partial charge >= 0.3 is 0 Å². The lowest BCUT2D eigenvalue weighted by Gasteiger charge is -2.27. The number of fused-ring (bicyclic) bond motifs is 2. The fourth-order valence-electron chi connectivity index (χ4n) is 6.45. The molecule has 5 aromatic rings. The number of hydrogen-bond donors (Lipinski definition) is 7. The number of aromatic nitrogens is 2. The Kier molecular flexibility index (Phi) is 10.2. The van der Waals surface area contributed by atoms with Gasteiger partial charge in [0.25, 0.3) is 0 Å². The average Bonchev–Trinajstić information content (AvgIpc) is 3.72. The average molecular weight is 648 g/mol. The molecule has 8 N–H and O–H groups in total. The molecule has 248 valence electrons. The minimum atomic E-state index is -1.07. The summed E-state index contributed by atoms with van der Waals surface area (Å²) in [5.41, 5.74) is 10.1. The van der Waals surface area contributed by atoms with Crippen molar-refractivity contribution in [3.8, 4) is 0 Å². The molecule has 0 saturated carbocycles. The Bertz CT molecular complexity index is 1890. The number of para-hydroxylation sites is 2. The number of aromatic amines is 2. The molecule has 2 aromatic heterocycles. The Labute approximate surface area is 278 Å². The van der Waals surface area contributed by atoms with Crippen LogP contribution in [0.4, 0.5) is 0 Å². The highest BCUT2D eigenvalue weighted by Crippen LogP contribution is 2.22. The number of piperidine rings is 1. The highest BCUT2D eigenvalue weighted by molar-refractivity contribution is 5.95. The van der Waals surface area contributed by atoms with Crippen molar-refractivity contribution in [1.82, 2.24) is 31.2 Å². The lowest BCUT2D eigenvalue weighted by atomic mass is 9.96. The van der Waals surface area contributed by atoms with Gasteiger partial charge in [-0.25, -0.2) is 0 Å². The lowest BCUT2D eigenvalue weighted by molar-refractivity contribution is -0.134. The number of amides is 4. The van der Waals surface area contributed by atoms with Crippen LogP contribution in [0, 0.1) is 5.92 Å². The van der Waals surface area contributed by atoms with Crippen molar-refractivity contribution >= 4 is 45.4 Å². The van der Waals surface area contributed by atoms with Crippen LogP contribution in [0.2, 0.25) is 0 Å². The van der Waals surface area contributed by atoms with E-state index in [1.165, 1.54) is 0 Å². The topological polar surface area (TPSA) is 174 Å². The molecule has 1 aliphatic rings. The quantitative estimate of drug-likeness (QED) is 0.104. The fourth-order valence-corrected chi connectivity index (χ4v) is 6.45. The summed E-state index contributed by atoms with van der Waals surface area (Å²) in [6.07, 6.45) is 5.56. The summed E-state index contributed by atoms with van der Waals surface area (Å²) < 4.78 is 0. The molecule has 0 radical (unpaired) electrons. The molecule has 1 fully saturated rings. The monoisotopic (exact) mass is 647 g/mol. The predicted molar refractivity (Wildman–Crippen MR) is 185 cm³/mol. The minimum Gasteiger partial charge on any atom is -0.368 e. The molecule has 3 atom stereocenters. The van der Waals surface area contributed by atoms with Gasteiger partial charge in [0, 0.05) is 59.4 Å². The summed E-state index contributed by atoms with van der Waals surface area (Å²) in [5.74, 6) is -2.14. The zero-order valence-corrected chi connectivity index (χ0v) is 26.6. The van der Waals surface area contributed by atoms with Crippen molar-refractivity contribution in [2.75, 3.05) is 13.1 Å². The fraction of sp³-hybridized carbons (Fsp3) is 0.297. The Morgan fingerprint density at radius 2 is 1.15 bits per heavy atom. The third-order valence-corrected chi connectivity index (χ3v) is 9.12. The van der Waals surface area contributed by atoms with Crippen LogP contribution < -0.4 is 27.0 Å². The van der Waals surface area contributed by atoms with Crippen LogP contribution in [0.5, 0.6) is 0 Å². The number of rotatable bonds is 13. The first-order valence-electron chi connectivity index (χ1n) is 16.4. The Balaban J connectivity index is 1.27. The van der Waals surface area contributed by atoms with Gasteiger partial charge < -0.3 is 37.0 Å². The predicted octanol–water partition coefficient (Wildman–Crippen LogP) is 2.62. The van der Waals surface area contributed by atoms with Gasteiger partial charge in [-0.2, -0.15) is 0 Å². The van der Waals surface area contributed by atoms with Crippen molar-refractivity contribution in [3.05, 3.63) is 108 Å². The summed E-state index contributed by atoms with van der Waals surface area (Å²) in [6, 6.07) is 21.7. The largest absolute Gasteiger partial charge is 0.368 e. The maximum Gasteiger partial charge on any atom is 0.243 e. The smallest absolute Gasteiger partial charge is 0.243 e. The van der Waals surface area contributed by atoms with Crippen molar-refractivity contribution < 1.29 is 19.2 Å². The molecule has 4 amide bonds. The van der Waals surface area contributed by atoms with Crippen LogP contribution in [0.3, 0.4) is 0 Å². The van der Waals surface area contributed by atoms with Crippen LogP contribution >= 0.6 is 0 Å². The maximum atomic E-state index is 14.2. The molecular weight excluding hydrogens is 606 g/mol. The maximum absolute atomic E-state index is 14.2. The number of nitrogens with two attached hydrogens (primary N) is 1. The summed E-state index contributed by atoms with van der Waals surface area (Å²) in [5, 5.41) is 13.9. The van der Waals surface area contributed by atoms with E-state index in [0.29, 0.717) is 12.8 Å². The summed E-state index contributed by atoms with van der Waals surface area (Å²) in [4.78, 5) is 60.6. The van der Waals surface area contributed by atoms with Crippen LogP contribution in [0.15, 0.2) is 91.3 Å². The highest BCUT2D eigenvalue weighted by Gasteiger charge is 2.32. The van der Waals surface area contributed by atoms with E-state index in [4.69, 9.17) is 5.73 Å². The Morgan fingerprint density at radius 1 is 0.646 bits per heavy atom. The van der Waals surface area contributed by atoms with Crippen LogP contribution in [-0.4, -0.2) is 64.8 Å². The Hall–Kier alpha value is -5.42. The normalized spacial score (nSPS) is 15.4. The third kappa shape index (κ3) is 7.75. The molecule has 2 unspecified atom stereocenters. The molecule has 0 bridgehead atoms. The van der Waals surface area contributed by atoms with Crippen molar-refractivity contribution in [1.29, 1.82) is 0 Å². The summed E-state index contributed by atoms with van der Waals surface area (Å²) in [6.45, 7) is 1.46. The van der Waals surface area contributed by atoms with Crippen LogP contribution in [0.1, 0.15) is 29.5 Å². The summed E-state index contributed by atoms with van der Waals surface area (Å²) >= 11 is 0. The molecule has 0 spiro atoms. The van der Waals surface area contributed by atoms with Gasteiger partial charge in [0.1, 0.15) is 18.1 Å². The molecule has 11 heteroatoms. The van der Waals surface area contributed by atoms with Gasteiger partial charge in [-0.1, -0.05) is 66.7 Å². The standard InChI is InChI=1S/C37H41N7O4/c38-34(45)31(18-23-8-2-1-3-9-23)42-36(47)33(20-26-22-41-30-13-7-5-11-28(26)30)44-37(48)32(43-35(46)24-14-16-39-17-15-24)19-25-21-40-29-12-6-4-10-27(25)29/h1-13,21-22,24,31-33,39-41H,14-20H2,(H2,38,45)(H,42,47)(H,43,46)(H,44,48)/t31?,32-,33?/m1/s1. The SMILES string of the molecule is NC(=O)C(Cc1ccccc1)NC(=O)C(Cc1c[nH]c2ccccc12)NC(=O)[C@@H](Cc1c[nH]c2ccccc12)NC(=O)C1CCNCC1. The number of primary amides is 1. The number of carbonyl (C=O) groups excluding carboxylic acids is 4. The zero-order chi connectivity index (χ0) is 33.5. The lowest BCUT2D eigenvalue weighted by Crippen LogP contribution is -2.58. The second-order valence-electron chi connectivity index (χ2n) is 12.4. The van der Waals surface area contributed by atoms with Crippen molar-refractivity contribution in [2.24, 2.45) is 11.7 Å². The zero-order valence-electron chi connectivity index (χ0n) is 26.6. The van der Waals surface area contributed by atoms with Crippen molar-refractivity contribution in [2.45, 2.75) is 50.2 Å². The first-order valence-corrected chi connectivity index (χ1v) is 16.4. The van der Waals surface area contributed by atoms with E-state index in [1.54, 1.807) is 0 Å². The number of nitrogens with one attached hydrogen (secondary N) is 6. The Morgan fingerprint density at radius 3 is 1.71 bits per heavy atom. The highest BCUT2D eigenvalue weighted by atomic mass is 16.2. The molecule has 1 aliphatic heterocycles. The molecule has 11 nitrogen and oxygen atoms in total. The third-order valence-electron chi connectivity index (χ3n) is 9.12. The molecule has 3 heterocycles. The van der Waals surface area contributed by atoms with Gasteiger partial charge in [-0.15, -0.1) is 0 Å². The van der Waals surface area contributed by atoms with E-state index in [9.17, 15) is 19.2 Å². The summed E-state index contributed by atoms with van der Waals surface area (Å²) in [7, 11) is 0. The molecular formula is C37H41N7O4. The van der Waals surface area contributed by atoms with E-state index in [0.717, 1.165) is 51.6 Å². The second kappa shape index (κ2) is 15.0. The second-order valence-corrected chi connectivity index (χ2v) is 12.4. The number of hydrogen-bond acceptors (Lipinski definition) is 5. The van der Waals surface area contributed by atoms with Crippen molar-refractivity contribution in [3.63, 3.8) is 0 Å². The van der Waals surface area contributed by atoms with E-state index in [2.05, 4.69) is 31.2 Å². The van der Waals surface area contributed by atoms with Crippen LogP contribution in [-0.2, 0) is 38.4 Å². The molecule has 1 saturated heterocycles. The van der Waals surface area contributed by atoms with E-state index < -0.39 is 35.8 Å². The van der Waals surface area contributed by atoms with Gasteiger partial charge in [-0.05, 0) is 54.8 Å².